The third-order valence-corrected chi connectivity index (χ3v) is 3.86. The molecule has 146 valence electrons. The molecule has 0 saturated heterocycles. The van der Waals surface area contributed by atoms with Crippen molar-refractivity contribution < 1.29 is 14.3 Å². The van der Waals surface area contributed by atoms with Crippen molar-refractivity contribution in [3.63, 3.8) is 0 Å². The first-order chi connectivity index (χ1) is 12.5. The van der Waals surface area contributed by atoms with Crippen molar-refractivity contribution in [2.45, 2.75) is 19.0 Å². The van der Waals surface area contributed by atoms with E-state index >= 15 is 0 Å². The molecule has 0 radical (unpaired) electrons. The molecule has 0 spiro atoms. The van der Waals surface area contributed by atoms with Gasteiger partial charge in [-0.3, -0.25) is 9.59 Å². The Bertz CT molecular complexity index is 738. The van der Waals surface area contributed by atoms with E-state index in [4.69, 9.17) is 10.5 Å². The SMILES string of the molecule is CN(C)C(=O)COc1cccc(CNC(=O)[C@@H](N)Cc2ccccc2)c1.Cl. The largest absolute Gasteiger partial charge is 0.484 e. The van der Waals surface area contributed by atoms with Gasteiger partial charge in [-0.15, -0.1) is 12.4 Å². The first-order valence-electron chi connectivity index (χ1n) is 8.45. The second-order valence-corrected chi connectivity index (χ2v) is 6.24. The minimum Gasteiger partial charge on any atom is -0.484 e. The topological polar surface area (TPSA) is 84.7 Å². The summed E-state index contributed by atoms with van der Waals surface area (Å²) in [6.45, 7) is 0.324. The quantitative estimate of drug-likeness (QED) is 0.718. The van der Waals surface area contributed by atoms with Crippen LogP contribution in [0.15, 0.2) is 54.6 Å². The Kier molecular flexibility index (Phi) is 9.33. The Labute approximate surface area is 166 Å². The maximum Gasteiger partial charge on any atom is 0.259 e. The van der Waals surface area contributed by atoms with E-state index in [1.165, 1.54) is 4.90 Å². The van der Waals surface area contributed by atoms with Crippen LogP contribution in [0.4, 0.5) is 0 Å². The van der Waals surface area contributed by atoms with Gasteiger partial charge >= 0.3 is 0 Å². The van der Waals surface area contributed by atoms with Crippen LogP contribution in [-0.4, -0.2) is 43.5 Å². The summed E-state index contributed by atoms with van der Waals surface area (Å²) in [5.74, 6) is 0.263. The standard InChI is InChI=1S/C20H25N3O3.ClH/c1-23(2)19(24)14-26-17-10-6-9-16(11-17)13-22-20(25)18(21)12-15-7-4-3-5-8-15;/h3-11,18H,12-14,21H2,1-2H3,(H,22,25);1H/t18-;/m0./s1. The summed E-state index contributed by atoms with van der Waals surface area (Å²) in [4.78, 5) is 25.2. The molecule has 0 aliphatic carbocycles. The second-order valence-electron chi connectivity index (χ2n) is 6.24. The van der Waals surface area contributed by atoms with Crippen LogP contribution in [0.3, 0.4) is 0 Å². The van der Waals surface area contributed by atoms with Crippen LogP contribution in [0.1, 0.15) is 11.1 Å². The van der Waals surface area contributed by atoms with Crippen molar-refractivity contribution in [3.05, 3.63) is 65.7 Å². The summed E-state index contributed by atoms with van der Waals surface area (Å²) in [5, 5.41) is 2.83. The third kappa shape index (κ3) is 7.68. The number of likely N-dealkylation sites (N-methyl/N-ethyl adjacent to an activating group) is 1. The number of nitrogens with one attached hydrogen (secondary N) is 1. The molecule has 1 atom stereocenters. The number of amides is 2. The van der Waals surface area contributed by atoms with Crippen LogP contribution in [0, 0.1) is 0 Å². The molecule has 2 aromatic carbocycles. The van der Waals surface area contributed by atoms with Crippen LogP contribution in [0.5, 0.6) is 5.75 Å². The first kappa shape index (κ1) is 22.5. The Morgan fingerprint density at radius 2 is 1.74 bits per heavy atom. The zero-order valence-corrected chi connectivity index (χ0v) is 16.4. The van der Waals surface area contributed by atoms with Crippen molar-refractivity contribution in [1.82, 2.24) is 10.2 Å². The van der Waals surface area contributed by atoms with Gasteiger partial charge in [-0.25, -0.2) is 0 Å². The molecular weight excluding hydrogens is 366 g/mol. The van der Waals surface area contributed by atoms with E-state index in [1.807, 2.05) is 42.5 Å². The van der Waals surface area contributed by atoms with E-state index in [-0.39, 0.29) is 30.8 Å². The summed E-state index contributed by atoms with van der Waals surface area (Å²) in [5.41, 5.74) is 7.87. The summed E-state index contributed by atoms with van der Waals surface area (Å²) in [6.07, 6.45) is 0.489. The van der Waals surface area contributed by atoms with E-state index in [0.29, 0.717) is 18.7 Å². The third-order valence-electron chi connectivity index (χ3n) is 3.86. The van der Waals surface area contributed by atoms with E-state index < -0.39 is 6.04 Å². The zero-order chi connectivity index (χ0) is 18.9. The van der Waals surface area contributed by atoms with Crippen molar-refractivity contribution in [2.75, 3.05) is 20.7 Å². The Hall–Kier alpha value is -2.57. The van der Waals surface area contributed by atoms with Crippen molar-refractivity contribution in [2.24, 2.45) is 5.73 Å². The van der Waals surface area contributed by atoms with Crippen molar-refractivity contribution in [3.8, 4) is 5.75 Å². The van der Waals surface area contributed by atoms with Gasteiger partial charge in [0, 0.05) is 20.6 Å². The lowest BCUT2D eigenvalue weighted by atomic mass is 10.1. The average molecular weight is 392 g/mol. The maximum atomic E-state index is 12.2. The monoisotopic (exact) mass is 391 g/mol. The van der Waals surface area contributed by atoms with Crippen molar-refractivity contribution >= 4 is 24.2 Å². The first-order valence-corrected chi connectivity index (χ1v) is 8.45. The van der Waals surface area contributed by atoms with Gasteiger partial charge in [0.2, 0.25) is 5.91 Å². The van der Waals surface area contributed by atoms with E-state index in [0.717, 1.165) is 11.1 Å². The molecule has 0 aromatic heterocycles. The van der Waals surface area contributed by atoms with E-state index in [1.54, 1.807) is 26.2 Å². The molecule has 27 heavy (non-hydrogen) atoms. The molecule has 0 aliphatic rings. The summed E-state index contributed by atoms with van der Waals surface area (Å²) < 4.78 is 5.47. The molecule has 6 nitrogen and oxygen atoms in total. The number of hydrogen-bond acceptors (Lipinski definition) is 4. The highest BCUT2D eigenvalue weighted by Gasteiger charge is 2.13. The Morgan fingerprint density at radius 1 is 1.07 bits per heavy atom. The number of carbonyl (C=O) groups is 2. The van der Waals surface area contributed by atoms with Gasteiger partial charge in [0.05, 0.1) is 6.04 Å². The fraction of sp³-hybridized carbons (Fsp3) is 0.300. The van der Waals surface area contributed by atoms with Gasteiger partial charge in [-0.1, -0.05) is 42.5 Å². The summed E-state index contributed by atoms with van der Waals surface area (Å²) >= 11 is 0. The van der Waals surface area contributed by atoms with Gasteiger partial charge in [-0.2, -0.15) is 0 Å². The fourth-order valence-electron chi connectivity index (χ4n) is 2.30. The second kappa shape index (κ2) is 11.2. The molecule has 7 heteroatoms. The summed E-state index contributed by atoms with van der Waals surface area (Å²) in [7, 11) is 3.35. The molecule has 0 saturated carbocycles. The molecule has 0 fully saturated rings. The molecular formula is C20H26ClN3O3. The van der Waals surface area contributed by atoms with Gasteiger partial charge in [0.15, 0.2) is 6.61 Å². The maximum absolute atomic E-state index is 12.2. The molecule has 0 heterocycles. The number of nitrogens with zero attached hydrogens (tertiary/aromatic N) is 1. The minimum absolute atomic E-state index is 0. The lowest BCUT2D eigenvalue weighted by Crippen LogP contribution is -2.41. The highest BCUT2D eigenvalue weighted by atomic mass is 35.5. The van der Waals surface area contributed by atoms with Gasteiger partial charge in [0.25, 0.3) is 5.91 Å². The van der Waals surface area contributed by atoms with Crippen molar-refractivity contribution in [1.29, 1.82) is 0 Å². The lowest BCUT2D eigenvalue weighted by Gasteiger charge is -2.14. The number of carbonyl (C=O) groups excluding carboxylic acids is 2. The van der Waals surface area contributed by atoms with Crippen LogP contribution in [0.25, 0.3) is 0 Å². The lowest BCUT2D eigenvalue weighted by molar-refractivity contribution is -0.130. The van der Waals surface area contributed by atoms with Gasteiger partial charge in [-0.05, 0) is 29.7 Å². The molecule has 2 aromatic rings. The van der Waals surface area contributed by atoms with Crippen LogP contribution < -0.4 is 15.8 Å². The Morgan fingerprint density at radius 3 is 2.41 bits per heavy atom. The van der Waals surface area contributed by atoms with Crippen LogP contribution in [0.2, 0.25) is 0 Å². The number of benzene rings is 2. The van der Waals surface area contributed by atoms with Gasteiger partial charge in [0.1, 0.15) is 5.75 Å². The van der Waals surface area contributed by atoms with Gasteiger partial charge < -0.3 is 20.7 Å². The number of hydrogen-bond donors (Lipinski definition) is 2. The molecule has 2 amide bonds. The zero-order valence-electron chi connectivity index (χ0n) is 15.6. The smallest absolute Gasteiger partial charge is 0.259 e. The highest BCUT2D eigenvalue weighted by molar-refractivity contribution is 5.85. The number of nitrogens with two attached hydrogens (primary N) is 1. The molecule has 0 unspecified atom stereocenters. The Balaban J connectivity index is 0.00000364. The van der Waals surface area contributed by atoms with Crippen LogP contribution in [-0.2, 0) is 22.6 Å². The summed E-state index contributed by atoms with van der Waals surface area (Å²) in [6, 6.07) is 16.3. The van der Waals surface area contributed by atoms with E-state index in [9.17, 15) is 9.59 Å². The normalized spacial score (nSPS) is 11.1. The number of ether oxygens (including phenoxy) is 1. The number of rotatable bonds is 8. The average Bonchev–Trinajstić information content (AvgIpc) is 2.65. The molecule has 0 aliphatic heterocycles. The highest BCUT2D eigenvalue weighted by Crippen LogP contribution is 2.13. The molecule has 0 bridgehead atoms. The predicted molar refractivity (Wildman–Crippen MR) is 108 cm³/mol. The van der Waals surface area contributed by atoms with Crippen LogP contribution >= 0.6 is 12.4 Å². The predicted octanol–water partition coefficient (Wildman–Crippen LogP) is 1.76. The number of halogens is 1. The minimum atomic E-state index is -0.602. The molecule has 3 N–H and O–H groups in total. The fourth-order valence-corrected chi connectivity index (χ4v) is 2.30. The molecule has 2 rings (SSSR count). The van der Waals surface area contributed by atoms with E-state index in [2.05, 4.69) is 5.32 Å².